The van der Waals surface area contributed by atoms with Crippen molar-refractivity contribution in [3.05, 3.63) is 24.3 Å². The second-order valence-corrected chi connectivity index (χ2v) is 3.77. The van der Waals surface area contributed by atoms with Gasteiger partial charge in [-0.05, 0) is 6.92 Å². The van der Waals surface area contributed by atoms with Gasteiger partial charge < -0.3 is 5.32 Å². The van der Waals surface area contributed by atoms with Crippen LogP contribution in [0, 0.1) is 0 Å². The summed E-state index contributed by atoms with van der Waals surface area (Å²) < 4.78 is 0. The largest absolute Gasteiger partial charge is 0.314 e. The van der Waals surface area contributed by atoms with E-state index in [9.17, 15) is 0 Å². The Bertz CT molecular complexity index is 275. The molecule has 1 aliphatic rings. The fourth-order valence-corrected chi connectivity index (χ4v) is 1.76. The van der Waals surface area contributed by atoms with E-state index in [1.54, 1.807) is 6.33 Å². The second kappa shape index (κ2) is 4.48. The van der Waals surface area contributed by atoms with Gasteiger partial charge in [0.05, 0.1) is 0 Å². The number of hydrogen-bond acceptors (Lipinski definition) is 4. The third-order valence-corrected chi connectivity index (χ3v) is 2.64. The van der Waals surface area contributed by atoms with E-state index in [0.29, 0.717) is 6.04 Å². The molecule has 1 N–H and O–H groups in total. The highest BCUT2D eigenvalue weighted by molar-refractivity contribution is 5.02. The molecule has 14 heavy (non-hydrogen) atoms. The van der Waals surface area contributed by atoms with E-state index < -0.39 is 0 Å². The lowest BCUT2D eigenvalue weighted by atomic mass is 10.2. The standard InChI is InChI=1S/C10H16N4/c1-9-4-11-2-3-14(9)7-10-5-12-8-13-6-10/h5-6,8-9,11H,2-4,7H2,1H3. The van der Waals surface area contributed by atoms with E-state index in [0.717, 1.165) is 26.2 Å². The summed E-state index contributed by atoms with van der Waals surface area (Å²) in [6.45, 7) is 6.47. The number of rotatable bonds is 2. The van der Waals surface area contributed by atoms with Crippen molar-refractivity contribution in [2.75, 3.05) is 19.6 Å². The van der Waals surface area contributed by atoms with Gasteiger partial charge in [0.15, 0.2) is 0 Å². The Morgan fingerprint density at radius 3 is 3.00 bits per heavy atom. The first-order valence-corrected chi connectivity index (χ1v) is 5.05. The van der Waals surface area contributed by atoms with E-state index in [2.05, 4.69) is 27.1 Å². The Labute approximate surface area is 84.4 Å². The van der Waals surface area contributed by atoms with Crippen molar-refractivity contribution in [1.82, 2.24) is 20.2 Å². The maximum absolute atomic E-state index is 4.02. The van der Waals surface area contributed by atoms with E-state index in [1.807, 2.05) is 12.4 Å². The zero-order valence-electron chi connectivity index (χ0n) is 8.48. The van der Waals surface area contributed by atoms with Crippen LogP contribution in [0.15, 0.2) is 18.7 Å². The molecule has 0 radical (unpaired) electrons. The average molecular weight is 192 g/mol. The Hall–Kier alpha value is -1.00. The van der Waals surface area contributed by atoms with Gasteiger partial charge in [0.1, 0.15) is 6.33 Å². The minimum atomic E-state index is 0.601. The van der Waals surface area contributed by atoms with Crippen LogP contribution in [-0.2, 0) is 6.54 Å². The van der Waals surface area contributed by atoms with Gasteiger partial charge in [-0.3, -0.25) is 4.90 Å². The van der Waals surface area contributed by atoms with Crippen LogP contribution in [0.2, 0.25) is 0 Å². The van der Waals surface area contributed by atoms with Crippen LogP contribution >= 0.6 is 0 Å². The molecule has 0 aliphatic carbocycles. The number of aromatic nitrogens is 2. The molecule has 0 saturated carbocycles. The molecule has 1 aromatic heterocycles. The summed E-state index contributed by atoms with van der Waals surface area (Å²) in [6, 6.07) is 0.601. The summed E-state index contributed by atoms with van der Waals surface area (Å²) in [5, 5.41) is 3.38. The van der Waals surface area contributed by atoms with Crippen LogP contribution in [0.4, 0.5) is 0 Å². The predicted molar refractivity (Wildman–Crippen MR) is 54.8 cm³/mol. The van der Waals surface area contributed by atoms with Crippen molar-refractivity contribution in [3.63, 3.8) is 0 Å². The summed E-state index contributed by atoms with van der Waals surface area (Å²) >= 11 is 0. The normalized spacial score (nSPS) is 23.6. The zero-order chi connectivity index (χ0) is 9.80. The molecular formula is C10H16N4. The molecule has 76 valence electrons. The Kier molecular flexibility index (Phi) is 3.06. The molecule has 1 atom stereocenters. The van der Waals surface area contributed by atoms with Crippen LogP contribution < -0.4 is 5.32 Å². The summed E-state index contributed by atoms with van der Waals surface area (Å²) in [4.78, 5) is 10.5. The van der Waals surface area contributed by atoms with Gasteiger partial charge in [-0.1, -0.05) is 0 Å². The van der Waals surface area contributed by atoms with Crippen molar-refractivity contribution in [2.45, 2.75) is 19.5 Å². The molecule has 2 rings (SSSR count). The smallest absolute Gasteiger partial charge is 0.115 e. The molecular weight excluding hydrogens is 176 g/mol. The number of piperazine rings is 1. The van der Waals surface area contributed by atoms with Gasteiger partial charge in [-0.2, -0.15) is 0 Å². The lowest BCUT2D eigenvalue weighted by Gasteiger charge is -2.33. The third-order valence-electron chi connectivity index (χ3n) is 2.64. The molecule has 2 heterocycles. The fourth-order valence-electron chi connectivity index (χ4n) is 1.76. The lowest BCUT2D eigenvalue weighted by molar-refractivity contribution is 0.165. The molecule has 1 aromatic rings. The Morgan fingerprint density at radius 1 is 1.50 bits per heavy atom. The molecule has 0 aromatic carbocycles. The first-order valence-electron chi connectivity index (χ1n) is 5.05. The lowest BCUT2D eigenvalue weighted by Crippen LogP contribution is -2.49. The van der Waals surface area contributed by atoms with Crippen molar-refractivity contribution in [3.8, 4) is 0 Å². The Morgan fingerprint density at radius 2 is 2.29 bits per heavy atom. The molecule has 1 fully saturated rings. The Balaban J connectivity index is 1.96. The highest BCUT2D eigenvalue weighted by Gasteiger charge is 2.17. The van der Waals surface area contributed by atoms with Crippen LogP contribution in [0.3, 0.4) is 0 Å². The van der Waals surface area contributed by atoms with Crippen molar-refractivity contribution in [2.24, 2.45) is 0 Å². The average Bonchev–Trinajstić information content (AvgIpc) is 2.23. The number of hydrogen-bond donors (Lipinski definition) is 1. The summed E-state index contributed by atoms with van der Waals surface area (Å²) in [5.74, 6) is 0. The second-order valence-electron chi connectivity index (χ2n) is 3.77. The maximum atomic E-state index is 4.02. The van der Waals surface area contributed by atoms with Crippen LogP contribution in [0.1, 0.15) is 12.5 Å². The molecule has 4 heteroatoms. The molecule has 0 amide bonds. The van der Waals surface area contributed by atoms with Crippen molar-refractivity contribution >= 4 is 0 Å². The number of nitrogens with zero attached hydrogens (tertiary/aromatic N) is 3. The topological polar surface area (TPSA) is 41.0 Å². The van der Waals surface area contributed by atoms with Crippen LogP contribution in [0.5, 0.6) is 0 Å². The van der Waals surface area contributed by atoms with E-state index >= 15 is 0 Å². The van der Waals surface area contributed by atoms with Gasteiger partial charge >= 0.3 is 0 Å². The van der Waals surface area contributed by atoms with Crippen LogP contribution in [0.25, 0.3) is 0 Å². The quantitative estimate of drug-likeness (QED) is 0.730. The first kappa shape index (κ1) is 9.55. The van der Waals surface area contributed by atoms with Gasteiger partial charge in [0, 0.05) is 50.2 Å². The maximum Gasteiger partial charge on any atom is 0.115 e. The van der Waals surface area contributed by atoms with E-state index in [4.69, 9.17) is 0 Å². The monoisotopic (exact) mass is 192 g/mol. The molecule has 1 unspecified atom stereocenters. The van der Waals surface area contributed by atoms with Crippen LogP contribution in [-0.4, -0.2) is 40.5 Å². The summed E-state index contributed by atoms with van der Waals surface area (Å²) in [6.07, 6.45) is 5.36. The highest BCUT2D eigenvalue weighted by atomic mass is 15.2. The highest BCUT2D eigenvalue weighted by Crippen LogP contribution is 2.07. The fraction of sp³-hybridized carbons (Fsp3) is 0.600. The minimum absolute atomic E-state index is 0.601. The van der Waals surface area contributed by atoms with Gasteiger partial charge in [0.2, 0.25) is 0 Å². The molecule has 1 saturated heterocycles. The van der Waals surface area contributed by atoms with Gasteiger partial charge in [-0.15, -0.1) is 0 Å². The predicted octanol–water partition coefficient (Wildman–Crippen LogP) is 0.270. The number of nitrogens with one attached hydrogen (secondary N) is 1. The SMILES string of the molecule is CC1CNCCN1Cc1cncnc1. The summed E-state index contributed by atoms with van der Waals surface area (Å²) in [5.41, 5.74) is 1.20. The van der Waals surface area contributed by atoms with Gasteiger partial charge in [-0.25, -0.2) is 9.97 Å². The minimum Gasteiger partial charge on any atom is -0.314 e. The molecule has 1 aliphatic heterocycles. The molecule has 4 nitrogen and oxygen atoms in total. The van der Waals surface area contributed by atoms with Gasteiger partial charge in [0.25, 0.3) is 0 Å². The third kappa shape index (κ3) is 2.27. The first-order chi connectivity index (χ1) is 6.86. The zero-order valence-corrected chi connectivity index (χ0v) is 8.48. The van der Waals surface area contributed by atoms with E-state index in [-0.39, 0.29) is 0 Å². The molecule has 0 spiro atoms. The van der Waals surface area contributed by atoms with Crippen molar-refractivity contribution in [1.29, 1.82) is 0 Å². The summed E-state index contributed by atoms with van der Waals surface area (Å²) in [7, 11) is 0. The van der Waals surface area contributed by atoms with E-state index in [1.165, 1.54) is 5.56 Å². The molecule has 0 bridgehead atoms. The van der Waals surface area contributed by atoms with Crippen molar-refractivity contribution < 1.29 is 0 Å².